The lowest BCUT2D eigenvalue weighted by atomic mass is 9.97. The molecule has 1 aliphatic heterocycles. The lowest BCUT2D eigenvalue weighted by Gasteiger charge is -2.14. The Kier molecular flexibility index (Phi) is 3.23. The van der Waals surface area contributed by atoms with E-state index in [9.17, 15) is 19.8 Å². The molecule has 2 N–H and O–H groups in total. The summed E-state index contributed by atoms with van der Waals surface area (Å²) in [6, 6.07) is 8.38. The third kappa shape index (κ3) is 1.90. The third-order valence-electron chi connectivity index (χ3n) is 4.74. The van der Waals surface area contributed by atoms with E-state index < -0.39 is 23.7 Å². The highest BCUT2D eigenvalue weighted by molar-refractivity contribution is 6.09. The number of hydrogen-bond donors (Lipinski definition) is 2. The van der Waals surface area contributed by atoms with Gasteiger partial charge in [-0.25, -0.2) is 0 Å². The van der Waals surface area contributed by atoms with Gasteiger partial charge in [0.15, 0.2) is 17.7 Å². The van der Waals surface area contributed by atoms with Gasteiger partial charge in [-0.2, -0.15) is 0 Å². The van der Waals surface area contributed by atoms with Crippen molar-refractivity contribution in [2.45, 2.75) is 12.1 Å². The molecule has 128 valence electrons. The molecule has 7 nitrogen and oxygen atoms in total. The minimum Gasteiger partial charge on any atom is -0.493 e. The molecule has 0 radical (unpaired) electrons. The number of nitrogens with zero attached hydrogens (tertiary/aromatic N) is 1. The van der Waals surface area contributed by atoms with Gasteiger partial charge >= 0.3 is 5.97 Å². The second kappa shape index (κ2) is 5.22. The number of benzene rings is 2. The number of carboxylic acids is 1. The van der Waals surface area contributed by atoms with Crippen molar-refractivity contribution >= 4 is 27.6 Å². The van der Waals surface area contributed by atoms with Crippen molar-refractivity contribution in [3.63, 3.8) is 0 Å². The summed E-state index contributed by atoms with van der Waals surface area (Å²) in [5, 5.41) is 21.6. The van der Waals surface area contributed by atoms with Crippen molar-refractivity contribution in [3.8, 4) is 11.5 Å². The van der Waals surface area contributed by atoms with E-state index in [4.69, 9.17) is 9.47 Å². The third-order valence-corrected chi connectivity index (χ3v) is 4.74. The van der Waals surface area contributed by atoms with Gasteiger partial charge in [0.1, 0.15) is 5.92 Å². The summed E-state index contributed by atoms with van der Waals surface area (Å²) in [6.07, 6.45) is -1.46. The van der Waals surface area contributed by atoms with E-state index in [1.54, 1.807) is 30.3 Å². The molecule has 0 bridgehead atoms. The first-order valence-electron chi connectivity index (χ1n) is 7.63. The topological polar surface area (TPSA) is 98.0 Å². The molecule has 0 aliphatic carbocycles. The lowest BCUT2D eigenvalue weighted by Crippen LogP contribution is -2.26. The first-order valence-corrected chi connectivity index (χ1v) is 7.63. The maximum absolute atomic E-state index is 13.0. The van der Waals surface area contributed by atoms with E-state index in [0.717, 1.165) is 4.57 Å². The number of carboxylic acid groups (broad SMARTS) is 1. The molecule has 0 spiro atoms. The van der Waals surface area contributed by atoms with Crippen molar-refractivity contribution in [1.82, 2.24) is 4.57 Å². The number of rotatable bonds is 3. The molecule has 0 fully saturated rings. The fourth-order valence-electron chi connectivity index (χ4n) is 3.63. The van der Waals surface area contributed by atoms with Gasteiger partial charge in [-0.1, -0.05) is 18.2 Å². The van der Waals surface area contributed by atoms with Gasteiger partial charge in [0.25, 0.3) is 5.56 Å². The number of aliphatic hydroxyl groups excluding tert-OH is 1. The van der Waals surface area contributed by atoms with E-state index in [-0.39, 0.29) is 0 Å². The van der Waals surface area contributed by atoms with E-state index in [1.807, 2.05) is 0 Å². The molecular weight excluding hydrogens is 326 g/mol. The number of aromatic nitrogens is 1. The fraction of sp³-hybridized carbons (Fsp3) is 0.222. The van der Waals surface area contributed by atoms with Crippen molar-refractivity contribution < 1.29 is 24.5 Å². The number of fused-ring (bicyclic) bond motifs is 2. The fourth-order valence-corrected chi connectivity index (χ4v) is 3.63. The summed E-state index contributed by atoms with van der Waals surface area (Å²) in [5.74, 6) is -1.51. The summed E-state index contributed by atoms with van der Waals surface area (Å²) in [5.41, 5.74) is 0.394. The molecule has 0 saturated carbocycles. The number of para-hydroxylation sites is 1. The van der Waals surface area contributed by atoms with Crippen molar-refractivity contribution in [3.05, 3.63) is 46.2 Å². The van der Waals surface area contributed by atoms with Gasteiger partial charge in [0.2, 0.25) is 0 Å². The Morgan fingerprint density at radius 1 is 1.08 bits per heavy atom. The maximum atomic E-state index is 13.0. The van der Waals surface area contributed by atoms with Crippen LogP contribution in [0.25, 0.3) is 21.7 Å². The molecular formula is C18H15NO6. The molecule has 1 aliphatic rings. The zero-order chi connectivity index (χ0) is 17.9. The van der Waals surface area contributed by atoms with E-state index in [1.165, 1.54) is 14.2 Å². The largest absolute Gasteiger partial charge is 0.493 e. The SMILES string of the molecule is COc1cc2c(=O)n3c4c(cccc4c2cc1OC)C(C(=O)O)C3O. The van der Waals surface area contributed by atoms with E-state index in [0.29, 0.717) is 38.7 Å². The van der Waals surface area contributed by atoms with Crippen LogP contribution in [0.15, 0.2) is 35.1 Å². The highest BCUT2D eigenvalue weighted by Crippen LogP contribution is 2.42. The second-order valence-corrected chi connectivity index (χ2v) is 5.90. The van der Waals surface area contributed by atoms with Crippen LogP contribution in [0.2, 0.25) is 0 Å². The summed E-state index contributed by atoms with van der Waals surface area (Å²) in [6.45, 7) is 0. The average Bonchev–Trinajstić information content (AvgIpc) is 2.91. The Morgan fingerprint density at radius 2 is 1.72 bits per heavy atom. The van der Waals surface area contributed by atoms with Crippen LogP contribution in [0.3, 0.4) is 0 Å². The average molecular weight is 341 g/mol. The van der Waals surface area contributed by atoms with Crippen LogP contribution < -0.4 is 15.0 Å². The van der Waals surface area contributed by atoms with Crippen molar-refractivity contribution in [2.24, 2.45) is 0 Å². The Bertz CT molecular complexity index is 1100. The molecule has 2 atom stereocenters. The first kappa shape index (κ1) is 15.5. The van der Waals surface area contributed by atoms with Crippen LogP contribution in [0.5, 0.6) is 11.5 Å². The van der Waals surface area contributed by atoms with Crippen LogP contribution in [-0.4, -0.2) is 35.0 Å². The molecule has 0 amide bonds. The van der Waals surface area contributed by atoms with Crippen LogP contribution in [0, 0.1) is 0 Å². The minimum atomic E-state index is -1.46. The Labute approximate surface area is 141 Å². The number of aliphatic carboxylic acids is 1. The molecule has 4 rings (SSSR count). The van der Waals surface area contributed by atoms with E-state index >= 15 is 0 Å². The standard InChI is InChI=1S/C18H15NO6/c1-24-12-6-10-8-4-3-5-9-14(18(22)23)17(21)19(15(8)9)16(20)11(10)7-13(12)25-2/h3-7,14,17,21H,1-2H3,(H,22,23). The predicted octanol–water partition coefficient (Wildman–Crippen LogP) is 1.84. The monoisotopic (exact) mass is 341 g/mol. The highest BCUT2D eigenvalue weighted by Gasteiger charge is 2.39. The van der Waals surface area contributed by atoms with Crippen molar-refractivity contribution in [2.75, 3.05) is 14.2 Å². The number of pyridine rings is 1. The number of ether oxygens (including phenoxy) is 2. The van der Waals surface area contributed by atoms with Crippen LogP contribution in [0.4, 0.5) is 0 Å². The van der Waals surface area contributed by atoms with Crippen LogP contribution >= 0.6 is 0 Å². The molecule has 7 heteroatoms. The predicted molar refractivity (Wildman–Crippen MR) is 90.5 cm³/mol. The number of aliphatic hydroxyl groups is 1. The summed E-state index contributed by atoms with van der Waals surface area (Å²) in [7, 11) is 2.97. The molecule has 2 aromatic carbocycles. The van der Waals surface area contributed by atoms with Crippen molar-refractivity contribution in [1.29, 1.82) is 0 Å². The smallest absolute Gasteiger partial charge is 0.315 e. The number of methoxy groups -OCH3 is 2. The van der Waals surface area contributed by atoms with Crippen LogP contribution in [0.1, 0.15) is 17.7 Å². The molecule has 0 saturated heterocycles. The van der Waals surface area contributed by atoms with Gasteiger partial charge in [0, 0.05) is 10.8 Å². The van der Waals surface area contributed by atoms with Gasteiger partial charge in [-0.3, -0.25) is 14.2 Å². The van der Waals surface area contributed by atoms with E-state index in [2.05, 4.69) is 0 Å². The minimum absolute atomic E-state index is 0.326. The highest BCUT2D eigenvalue weighted by atomic mass is 16.5. The zero-order valence-electron chi connectivity index (χ0n) is 13.5. The van der Waals surface area contributed by atoms with Gasteiger partial charge in [-0.05, 0) is 17.7 Å². The number of hydrogen-bond acceptors (Lipinski definition) is 5. The summed E-state index contributed by atoms with van der Waals surface area (Å²) >= 11 is 0. The normalized spacial score (nSPS) is 18.7. The Morgan fingerprint density at radius 3 is 2.32 bits per heavy atom. The molecule has 2 unspecified atom stereocenters. The van der Waals surface area contributed by atoms with Gasteiger partial charge < -0.3 is 19.7 Å². The molecule has 25 heavy (non-hydrogen) atoms. The quantitative estimate of drug-likeness (QED) is 0.706. The Balaban J connectivity index is 2.23. The second-order valence-electron chi connectivity index (χ2n) is 5.90. The summed E-state index contributed by atoms with van der Waals surface area (Å²) < 4.78 is 11.7. The molecule has 1 aromatic heterocycles. The molecule has 3 aromatic rings. The zero-order valence-corrected chi connectivity index (χ0v) is 13.5. The van der Waals surface area contributed by atoms with Gasteiger partial charge in [-0.15, -0.1) is 0 Å². The lowest BCUT2D eigenvalue weighted by molar-refractivity contribution is -0.142. The Hall–Kier alpha value is -3.06. The first-order chi connectivity index (χ1) is 12.0. The van der Waals surface area contributed by atoms with Gasteiger partial charge in [0.05, 0.1) is 25.1 Å². The van der Waals surface area contributed by atoms with Crippen LogP contribution in [-0.2, 0) is 4.79 Å². The summed E-state index contributed by atoms with van der Waals surface area (Å²) in [4.78, 5) is 24.6. The molecule has 2 heterocycles. The maximum Gasteiger partial charge on any atom is 0.315 e. The number of carbonyl (C=O) groups is 1.